The summed E-state index contributed by atoms with van der Waals surface area (Å²) in [4.78, 5) is 0. The number of hydrogen-bond acceptors (Lipinski definition) is 0. The highest BCUT2D eigenvalue weighted by atomic mass is 13.9. The van der Waals surface area contributed by atoms with Crippen molar-refractivity contribution < 1.29 is 0 Å². The lowest BCUT2D eigenvalue weighted by Gasteiger charge is -1.96. The standard InChI is InChI=1S/C9H13B/c10-8-4-7-9-5-2-1-3-6-9/h1-3,5-6H,4,7-8,10H2. The first-order valence-electron chi connectivity index (χ1n) is 3.97. The number of hydrogen-bond donors (Lipinski definition) is 0. The first-order chi connectivity index (χ1) is 4.93. The highest BCUT2D eigenvalue weighted by Gasteiger charge is 1.87. The van der Waals surface area contributed by atoms with Crippen LogP contribution in [0.25, 0.3) is 0 Å². The van der Waals surface area contributed by atoms with E-state index in [0.717, 1.165) is 0 Å². The number of rotatable bonds is 3. The second-order valence-corrected chi connectivity index (χ2v) is 2.59. The van der Waals surface area contributed by atoms with Gasteiger partial charge in [-0.25, -0.2) is 0 Å². The fraction of sp³-hybridized carbons (Fsp3) is 0.333. The van der Waals surface area contributed by atoms with E-state index in [1.165, 1.54) is 24.7 Å². The summed E-state index contributed by atoms with van der Waals surface area (Å²) in [6.45, 7) is 0. The van der Waals surface area contributed by atoms with Gasteiger partial charge in [0.2, 0.25) is 0 Å². The maximum atomic E-state index is 2.23. The summed E-state index contributed by atoms with van der Waals surface area (Å²) < 4.78 is 0. The van der Waals surface area contributed by atoms with Gasteiger partial charge < -0.3 is 0 Å². The minimum Gasteiger partial charge on any atom is -0.0807 e. The van der Waals surface area contributed by atoms with Gasteiger partial charge in [0, 0.05) is 0 Å². The molecular formula is C9H13B. The van der Waals surface area contributed by atoms with Crippen LogP contribution < -0.4 is 0 Å². The molecule has 0 heterocycles. The summed E-state index contributed by atoms with van der Waals surface area (Å²) in [6.07, 6.45) is 3.83. The average Bonchev–Trinajstić information content (AvgIpc) is 2.03. The average molecular weight is 132 g/mol. The van der Waals surface area contributed by atoms with Gasteiger partial charge in [-0.2, -0.15) is 0 Å². The van der Waals surface area contributed by atoms with Crippen LogP contribution in [0, 0.1) is 0 Å². The molecule has 0 saturated carbocycles. The van der Waals surface area contributed by atoms with Gasteiger partial charge in [-0.3, -0.25) is 0 Å². The Labute approximate surface area is 63.7 Å². The van der Waals surface area contributed by atoms with Crippen LogP contribution in [0.2, 0.25) is 6.32 Å². The summed E-state index contributed by atoms with van der Waals surface area (Å²) in [5.41, 5.74) is 1.46. The van der Waals surface area contributed by atoms with E-state index in [1.807, 2.05) is 0 Å². The van der Waals surface area contributed by atoms with Gasteiger partial charge in [0.05, 0.1) is 0 Å². The minimum atomic E-state index is 1.23. The van der Waals surface area contributed by atoms with Gasteiger partial charge in [0.15, 0.2) is 0 Å². The second-order valence-electron chi connectivity index (χ2n) is 2.59. The first-order valence-corrected chi connectivity index (χ1v) is 3.97. The zero-order chi connectivity index (χ0) is 7.23. The van der Waals surface area contributed by atoms with E-state index in [9.17, 15) is 0 Å². The number of benzene rings is 1. The molecule has 1 heteroatoms. The Bertz CT molecular complexity index is 169. The van der Waals surface area contributed by atoms with Gasteiger partial charge >= 0.3 is 0 Å². The van der Waals surface area contributed by atoms with Crippen LogP contribution in [-0.2, 0) is 6.42 Å². The van der Waals surface area contributed by atoms with Crippen molar-refractivity contribution in [1.29, 1.82) is 0 Å². The molecule has 52 valence electrons. The van der Waals surface area contributed by atoms with Crippen molar-refractivity contribution in [3.8, 4) is 0 Å². The molecule has 0 fully saturated rings. The van der Waals surface area contributed by atoms with Gasteiger partial charge in [-0.05, 0) is 12.0 Å². The molecule has 0 aliphatic carbocycles. The molecule has 10 heavy (non-hydrogen) atoms. The smallest absolute Gasteiger partial charge is 0.0807 e. The lowest BCUT2D eigenvalue weighted by atomic mass is 9.98. The van der Waals surface area contributed by atoms with E-state index in [0.29, 0.717) is 0 Å². The van der Waals surface area contributed by atoms with Gasteiger partial charge in [-0.1, -0.05) is 43.1 Å². The third kappa shape index (κ3) is 2.26. The Morgan fingerprint density at radius 1 is 1.10 bits per heavy atom. The molecule has 0 aromatic heterocycles. The molecule has 0 amide bonds. The third-order valence-corrected chi connectivity index (χ3v) is 1.66. The molecule has 0 aliphatic rings. The van der Waals surface area contributed by atoms with E-state index in [4.69, 9.17) is 0 Å². The van der Waals surface area contributed by atoms with E-state index < -0.39 is 0 Å². The van der Waals surface area contributed by atoms with Crippen molar-refractivity contribution in [2.75, 3.05) is 0 Å². The van der Waals surface area contributed by atoms with Crippen molar-refractivity contribution in [1.82, 2.24) is 0 Å². The first kappa shape index (κ1) is 7.39. The van der Waals surface area contributed by atoms with Crippen molar-refractivity contribution >= 4 is 7.85 Å². The van der Waals surface area contributed by atoms with Crippen LogP contribution in [0.1, 0.15) is 12.0 Å². The van der Waals surface area contributed by atoms with E-state index in [1.54, 1.807) is 0 Å². The zero-order valence-corrected chi connectivity index (χ0v) is 6.51. The Hall–Kier alpha value is -0.715. The Morgan fingerprint density at radius 3 is 2.40 bits per heavy atom. The van der Waals surface area contributed by atoms with Crippen molar-refractivity contribution in [3.05, 3.63) is 35.9 Å². The zero-order valence-electron chi connectivity index (χ0n) is 6.51. The molecule has 0 nitrogen and oxygen atoms in total. The Balaban J connectivity index is 2.43. The predicted molar refractivity (Wildman–Crippen MR) is 48.1 cm³/mol. The lowest BCUT2D eigenvalue weighted by Crippen LogP contribution is -1.82. The molecule has 0 spiro atoms. The summed E-state index contributed by atoms with van der Waals surface area (Å²) in [5.74, 6) is 0. The Morgan fingerprint density at radius 2 is 1.80 bits per heavy atom. The summed E-state index contributed by atoms with van der Waals surface area (Å²) in [7, 11) is 2.23. The molecule has 0 bridgehead atoms. The monoisotopic (exact) mass is 132 g/mol. The van der Waals surface area contributed by atoms with Gasteiger partial charge in [0.25, 0.3) is 0 Å². The topological polar surface area (TPSA) is 0 Å². The Kier molecular flexibility index (Phi) is 3.07. The van der Waals surface area contributed by atoms with Gasteiger partial charge in [0.1, 0.15) is 7.85 Å². The van der Waals surface area contributed by atoms with Crippen molar-refractivity contribution in [3.63, 3.8) is 0 Å². The molecule has 0 saturated heterocycles. The summed E-state index contributed by atoms with van der Waals surface area (Å²) in [6, 6.07) is 10.6. The normalized spacial score (nSPS) is 9.60. The molecule has 0 atom stereocenters. The molecular weight excluding hydrogens is 119 g/mol. The highest BCUT2D eigenvalue weighted by molar-refractivity contribution is 6.08. The van der Waals surface area contributed by atoms with Crippen molar-refractivity contribution in [2.45, 2.75) is 19.2 Å². The molecule has 0 radical (unpaired) electrons. The second kappa shape index (κ2) is 4.16. The molecule has 1 aromatic carbocycles. The van der Waals surface area contributed by atoms with E-state index in [2.05, 4.69) is 38.2 Å². The van der Waals surface area contributed by atoms with Crippen molar-refractivity contribution in [2.24, 2.45) is 0 Å². The van der Waals surface area contributed by atoms with E-state index >= 15 is 0 Å². The molecule has 0 unspecified atom stereocenters. The maximum Gasteiger partial charge on any atom is 0.101 e. The molecule has 0 N–H and O–H groups in total. The largest absolute Gasteiger partial charge is 0.101 e. The van der Waals surface area contributed by atoms with Crippen LogP contribution in [0.5, 0.6) is 0 Å². The van der Waals surface area contributed by atoms with E-state index in [-0.39, 0.29) is 0 Å². The quantitative estimate of drug-likeness (QED) is 0.548. The van der Waals surface area contributed by atoms with Crippen LogP contribution in [-0.4, -0.2) is 7.85 Å². The third-order valence-electron chi connectivity index (χ3n) is 1.66. The number of aryl methyl sites for hydroxylation is 1. The summed E-state index contributed by atoms with van der Waals surface area (Å²) in [5, 5.41) is 0. The van der Waals surface area contributed by atoms with Gasteiger partial charge in [-0.15, -0.1) is 0 Å². The SMILES string of the molecule is BCCCc1ccccc1. The maximum absolute atomic E-state index is 2.23. The fourth-order valence-corrected chi connectivity index (χ4v) is 1.03. The lowest BCUT2D eigenvalue weighted by molar-refractivity contribution is 0.919. The predicted octanol–water partition coefficient (Wildman–Crippen LogP) is 1.67. The molecule has 1 aromatic rings. The van der Waals surface area contributed by atoms with Crippen LogP contribution >= 0.6 is 0 Å². The summed E-state index contributed by atoms with van der Waals surface area (Å²) >= 11 is 0. The molecule has 1 rings (SSSR count). The van der Waals surface area contributed by atoms with Crippen LogP contribution in [0.3, 0.4) is 0 Å². The minimum absolute atomic E-state index is 1.23. The molecule has 0 aliphatic heterocycles. The highest BCUT2D eigenvalue weighted by Crippen LogP contribution is 2.02. The fourth-order valence-electron chi connectivity index (χ4n) is 1.03. The van der Waals surface area contributed by atoms with Crippen LogP contribution in [0.4, 0.5) is 0 Å². The van der Waals surface area contributed by atoms with Crippen LogP contribution in [0.15, 0.2) is 30.3 Å².